The van der Waals surface area contributed by atoms with Crippen LogP contribution in [-0.4, -0.2) is 40.2 Å². The molecule has 1 N–H and O–H groups in total. The third-order valence-corrected chi connectivity index (χ3v) is 2.73. The molecule has 1 heterocycles. The molecule has 1 aromatic rings. The second-order valence-corrected chi connectivity index (χ2v) is 5.73. The molecular weight excluding hydrogens is 272 g/mol. The Balaban J connectivity index is 2.88. The van der Waals surface area contributed by atoms with Crippen LogP contribution in [0.2, 0.25) is 0 Å². The summed E-state index contributed by atoms with van der Waals surface area (Å²) in [5.74, 6) is -0.449. The van der Waals surface area contributed by atoms with Gasteiger partial charge in [0.15, 0.2) is 0 Å². The van der Waals surface area contributed by atoms with Crippen molar-refractivity contribution in [2.24, 2.45) is 0 Å². The maximum atomic E-state index is 12.3. The maximum Gasteiger partial charge on any atom is 0.411 e. The van der Waals surface area contributed by atoms with Gasteiger partial charge in [-0.15, -0.1) is 0 Å². The summed E-state index contributed by atoms with van der Waals surface area (Å²) in [4.78, 5) is 28.6. The second kappa shape index (κ2) is 7.15. The Hall–Kier alpha value is -1.98. The molecule has 1 aromatic heterocycles. The number of nitrogens with one attached hydrogen (secondary N) is 1. The van der Waals surface area contributed by atoms with Gasteiger partial charge in [-0.1, -0.05) is 0 Å². The quantitative estimate of drug-likeness (QED) is 0.848. The Morgan fingerprint density at radius 2 is 2.05 bits per heavy atom. The first-order chi connectivity index (χ1) is 9.74. The lowest BCUT2D eigenvalue weighted by Gasteiger charge is -2.30. The highest BCUT2D eigenvalue weighted by molar-refractivity contribution is 5.81. The number of aromatic amines is 1. The Labute approximate surface area is 125 Å². The molecule has 0 aromatic carbocycles. The predicted octanol–water partition coefficient (Wildman–Crippen LogP) is 2.70. The summed E-state index contributed by atoms with van der Waals surface area (Å²) in [7, 11) is 0. The second-order valence-electron chi connectivity index (χ2n) is 5.73. The highest BCUT2D eigenvalue weighted by Gasteiger charge is 2.31. The monoisotopic (exact) mass is 296 g/mol. The highest BCUT2D eigenvalue weighted by atomic mass is 16.6. The molecule has 0 bridgehead atoms. The average Bonchev–Trinajstić information content (AvgIpc) is 2.86. The van der Waals surface area contributed by atoms with Gasteiger partial charge in [-0.3, -0.25) is 4.90 Å². The normalized spacial score (nSPS) is 12.6. The van der Waals surface area contributed by atoms with E-state index < -0.39 is 23.7 Å². The molecule has 6 heteroatoms. The molecule has 0 saturated heterocycles. The van der Waals surface area contributed by atoms with E-state index in [1.165, 1.54) is 4.90 Å². The first-order valence-electron chi connectivity index (χ1n) is 7.03. The largest absolute Gasteiger partial charge is 0.464 e. The number of carbonyl (C=O) groups is 2. The zero-order valence-corrected chi connectivity index (χ0v) is 13.3. The van der Waals surface area contributed by atoms with Crippen molar-refractivity contribution in [1.29, 1.82) is 0 Å². The fraction of sp³-hybridized carbons (Fsp3) is 0.600. The standard InChI is InChI=1S/C15H24N2O4/c1-6-20-13(18)11(2)17(10-12-8-7-9-16-12)14(19)21-15(3,4)5/h7-9,11,16H,6,10H2,1-5H3. The molecule has 0 saturated carbocycles. The highest BCUT2D eigenvalue weighted by Crippen LogP contribution is 2.15. The van der Waals surface area contributed by atoms with Gasteiger partial charge in [0.2, 0.25) is 0 Å². The van der Waals surface area contributed by atoms with E-state index in [0.29, 0.717) is 0 Å². The lowest BCUT2D eigenvalue weighted by molar-refractivity contribution is -0.148. The summed E-state index contributed by atoms with van der Waals surface area (Å²) in [6.07, 6.45) is 1.22. The van der Waals surface area contributed by atoms with Crippen molar-refractivity contribution in [3.63, 3.8) is 0 Å². The van der Waals surface area contributed by atoms with Crippen LogP contribution in [0, 0.1) is 0 Å². The molecule has 21 heavy (non-hydrogen) atoms. The number of esters is 1. The number of nitrogens with zero attached hydrogens (tertiary/aromatic N) is 1. The third kappa shape index (κ3) is 5.49. The molecule has 1 rings (SSSR count). The Kier molecular flexibility index (Phi) is 5.81. The number of carbonyl (C=O) groups excluding carboxylic acids is 2. The molecular formula is C15H24N2O4. The van der Waals surface area contributed by atoms with Crippen molar-refractivity contribution < 1.29 is 19.1 Å². The van der Waals surface area contributed by atoms with Crippen LogP contribution in [0.15, 0.2) is 18.3 Å². The van der Waals surface area contributed by atoms with Gasteiger partial charge < -0.3 is 14.5 Å². The fourth-order valence-corrected chi connectivity index (χ4v) is 1.72. The number of hydrogen-bond donors (Lipinski definition) is 1. The Bertz CT molecular complexity index is 463. The van der Waals surface area contributed by atoms with Gasteiger partial charge in [0.1, 0.15) is 11.6 Å². The lowest BCUT2D eigenvalue weighted by Crippen LogP contribution is -2.46. The van der Waals surface area contributed by atoms with Crippen LogP contribution in [0.4, 0.5) is 4.79 Å². The van der Waals surface area contributed by atoms with E-state index in [-0.39, 0.29) is 13.2 Å². The number of amides is 1. The smallest absolute Gasteiger partial charge is 0.411 e. The minimum absolute atomic E-state index is 0.252. The van der Waals surface area contributed by atoms with Gasteiger partial charge in [-0.2, -0.15) is 0 Å². The van der Waals surface area contributed by atoms with Crippen LogP contribution < -0.4 is 0 Å². The van der Waals surface area contributed by atoms with E-state index in [1.807, 2.05) is 12.1 Å². The predicted molar refractivity (Wildman–Crippen MR) is 78.7 cm³/mol. The van der Waals surface area contributed by atoms with Crippen molar-refractivity contribution in [2.75, 3.05) is 6.61 Å². The van der Waals surface area contributed by atoms with E-state index in [4.69, 9.17) is 9.47 Å². The molecule has 118 valence electrons. The van der Waals surface area contributed by atoms with Gasteiger partial charge in [-0.05, 0) is 46.8 Å². The minimum Gasteiger partial charge on any atom is -0.464 e. The molecule has 0 aliphatic rings. The topological polar surface area (TPSA) is 71.6 Å². The molecule has 6 nitrogen and oxygen atoms in total. The molecule has 1 atom stereocenters. The number of rotatable bonds is 5. The molecule has 1 unspecified atom stereocenters. The van der Waals surface area contributed by atoms with E-state index in [0.717, 1.165) is 5.69 Å². The Morgan fingerprint density at radius 3 is 2.52 bits per heavy atom. The van der Waals surface area contributed by atoms with E-state index in [2.05, 4.69) is 4.98 Å². The molecule has 0 aliphatic heterocycles. The van der Waals surface area contributed by atoms with Crippen LogP contribution >= 0.6 is 0 Å². The minimum atomic E-state index is -0.719. The van der Waals surface area contributed by atoms with Crippen LogP contribution in [-0.2, 0) is 20.8 Å². The van der Waals surface area contributed by atoms with Crippen molar-refractivity contribution in [1.82, 2.24) is 9.88 Å². The van der Waals surface area contributed by atoms with Crippen molar-refractivity contribution in [3.05, 3.63) is 24.0 Å². The zero-order valence-electron chi connectivity index (χ0n) is 13.3. The number of H-pyrrole nitrogens is 1. The average molecular weight is 296 g/mol. The summed E-state index contributed by atoms with van der Waals surface area (Å²) >= 11 is 0. The van der Waals surface area contributed by atoms with Crippen LogP contribution in [0.25, 0.3) is 0 Å². The molecule has 0 aliphatic carbocycles. The van der Waals surface area contributed by atoms with Gasteiger partial charge >= 0.3 is 12.1 Å². The summed E-state index contributed by atoms with van der Waals surface area (Å²) in [5, 5.41) is 0. The first kappa shape index (κ1) is 17.1. The third-order valence-electron chi connectivity index (χ3n) is 2.73. The molecule has 0 spiro atoms. The van der Waals surface area contributed by atoms with Crippen LogP contribution in [0.3, 0.4) is 0 Å². The van der Waals surface area contributed by atoms with Gasteiger partial charge in [0.05, 0.1) is 13.2 Å². The van der Waals surface area contributed by atoms with Crippen molar-refractivity contribution in [2.45, 2.75) is 52.8 Å². The van der Waals surface area contributed by atoms with Crippen LogP contribution in [0.5, 0.6) is 0 Å². The maximum absolute atomic E-state index is 12.3. The molecule has 0 fully saturated rings. The number of hydrogen-bond acceptors (Lipinski definition) is 4. The summed E-state index contributed by atoms with van der Waals surface area (Å²) in [5.41, 5.74) is 0.191. The van der Waals surface area contributed by atoms with Crippen molar-refractivity contribution >= 4 is 12.1 Å². The first-order valence-corrected chi connectivity index (χ1v) is 7.03. The van der Waals surface area contributed by atoms with Gasteiger partial charge in [0, 0.05) is 11.9 Å². The summed E-state index contributed by atoms with van der Waals surface area (Å²) < 4.78 is 10.3. The zero-order chi connectivity index (χ0) is 16.0. The SMILES string of the molecule is CCOC(=O)C(C)N(Cc1ccc[nH]1)C(=O)OC(C)(C)C. The van der Waals surface area contributed by atoms with Gasteiger partial charge in [-0.25, -0.2) is 9.59 Å². The van der Waals surface area contributed by atoms with E-state index in [1.54, 1.807) is 40.8 Å². The van der Waals surface area contributed by atoms with Crippen molar-refractivity contribution in [3.8, 4) is 0 Å². The summed E-state index contributed by atoms with van der Waals surface area (Å²) in [6.45, 7) is 9.24. The van der Waals surface area contributed by atoms with Crippen LogP contribution in [0.1, 0.15) is 40.3 Å². The van der Waals surface area contributed by atoms with E-state index in [9.17, 15) is 9.59 Å². The summed E-state index contributed by atoms with van der Waals surface area (Å²) in [6, 6.07) is 2.95. The number of aromatic nitrogens is 1. The lowest BCUT2D eigenvalue weighted by atomic mass is 10.2. The van der Waals surface area contributed by atoms with E-state index >= 15 is 0 Å². The fourth-order valence-electron chi connectivity index (χ4n) is 1.72. The molecule has 1 amide bonds. The molecule has 0 radical (unpaired) electrons. The number of ether oxygens (including phenoxy) is 2. The Morgan fingerprint density at radius 1 is 1.38 bits per heavy atom. The van der Waals surface area contributed by atoms with Gasteiger partial charge in [0.25, 0.3) is 0 Å².